The van der Waals surface area contributed by atoms with Crippen molar-refractivity contribution >= 4 is 10.3 Å². The monoisotopic (exact) mass is 131 g/mol. The normalized spacial score (nSPS) is 9.14. The summed E-state index contributed by atoms with van der Waals surface area (Å²) < 4.78 is 25.2. The molecular formula is H5NO5S. The number of hydrogen-bond acceptors (Lipinski definition) is 4. The molecule has 7 heavy (non-hydrogen) atoms. The van der Waals surface area contributed by atoms with E-state index in [1.165, 1.54) is 0 Å². The summed E-state index contributed by atoms with van der Waals surface area (Å²) in [5.41, 5.74) is 0. The fourth-order valence-corrected chi connectivity index (χ4v) is 0. The maximum atomic E-state index is 8.97. The van der Waals surface area contributed by atoms with Crippen molar-refractivity contribution in [1.82, 2.24) is 0 Å². The summed E-state index contributed by atoms with van der Waals surface area (Å²) in [6.45, 7) is 0. The molecule has 46 valence electrons. The topological polar surface area (TPSA) is 121 Å². The molecule has 0 bridgehead atoms. The van der Waals surface area contributed by atoms with E-state index in [1.807, 2.05) is 0 Å². The molecule has 0 fully saturated rings. The first kappa shape index (κ1) is 9.92. The highest BCUT2D eigenvalue weighted by molar-refractivity contribution is 7.83. The third-order valence-corrected chi connectivity index (χ3v) is 0. The van der Waals surface area contributed by atoms with Gasteiger partial charge in [0.05, 0.1) is 0 Å². The molecule has 0 rings (SSSR count). The van der Waals surface area contributed by atoms with E-state index in [-0.39, 0.29) is 0 Å². The van der Waals surface area contributed by atoms with E-state index in [1.54, 1.807) is 0 Å². The fourth-order valence-electron chi connectivity index (χ4n) is 0. The highest BCUT2D eigenvalue weighted by atomic mass is 32.2. The first-order valence-corrected chi connectivity index (χ1v) is 2.45. The Balaban J connectivity index is 0. The number of rotatable bonds is 0. The molecular weight excluding hydrogens is 126 g/mol. The van der Waals surface area contributed by atoms with E-state index < -0.39 is 10.3 Å². The summed E-state index contributed by atoms with van der Waals surface area (Å²) in [6, 6.07) is 0. The molecule has 5 N–H and O–H groups in total. The van der Waals surface area contributed by atoms with E-state index in [0.29, 0.717) is 0 Å². The van der Waals surface area contributed by atoms with Crippen LogP contribution in [0.1, 0.15) is 0 Å². The van der Waals surface area contributed by atoms with Gasteiger partial charge in [0.2, 0.25) is 0 Å². The highest BCUT2D eigenvalue weighted by Gasteiger charge is 1.81. The van der Waals surface area contributed by atoms with Crippen LogP contribution in [-0.4, -0.2) is 23.5 Å². The lowest BCUT2D eigenvalue weighted by atomic mass is 13.9. The summed E-state index contributed by atoms with van der Waals surface area (Å²) in [5.74, 6) is 0. The van der Waals surface area contributed by atoms with Crippen LogP contribution in [0.15, 0.2) is 0 Å². The summed E-state index contributed by atoms with van der Waals surface area (Å²) in [4.78, 5) is 0. The van der Waals surface area contributed by atoms with Crippen LogP contribution in [0, 0.1) is 0 Å². The zero-order valence-corrected chi connectivity index (χ0v) is 3.96. The van der Waals surface area contributed by atoms with Gasteiger partial charge in [0.25, 0.3) is 0 Å². The molecule has 0 amide bonds. The van der Waals surface area contributed by atoms with E-state index in [9.17, 15) is 0 Å². The maximum absolute atomic E-state index is 8.97. The summed E-state index contributed by atoms with van der Waals surface area (Å²) in [7, 11) is -4.17. The molecule has 0 aromatic carbocycles. The van der Waals surface area contributed by atoms with Crippen LogP contribution in [0.25, 0.3) is 0 Å². The third-order valence-electron chi connectivity index (χ3n) is 0. The molecule has 0 spiro atoms. The molecule has 0 saturated carbocycles. The van der Waals surface area contributed by atoms with Crippen LogP contribution in [0.3, 0.4) is 0 Å². The van der Waals surface area contributed by atoms with Gasteiger partial charge in [0.1, 0.15) is 0 Å². The van der Waals surface area contributed by atoms with Gasteiger partial charge in [-0.05, 0) is 0 Å². The molecule has 0 aromatic heterocycles. The second-order valence-electron chi connectivity index (χ2n) is 0.515. The van der Waals surface area contributed by atoms with Crippen molar-refractivity contribution in [3.05, 3.63) is 0 Å². The Bertz CT molecular complexity index is 91.2. The van der Waals surface area contributed by atoms with Crippen molar-refractivity contribution in [2.45, 2.75) is 0 Å². The van der Waals surface area contributed by atoms with Gasteiger partial charge >= 0.3 is 10.3 Å². The van der Waals surface area contributed by atoms with Crippen LogP contribution in [0.4, 0.5) is 0 Å². The summed E-state index contributed by atoms with van der Waals surface area (Å²) in [6.07, 6.45) is 0. The molecule has 0 aliphatic carbocycles. The molecule has 0 aromatic rings. The van der Waals surface area contributed by atoms with Gasteiger partial charge in [-0.1, -0.05) is 0 Å². The molecule has 0 atom stereocenters. The largest absolute Gasteiger partial charge is 0.330 e. The van der Waals surface area contributed by atoms with Gasteiger partial charge in [0, 0.05) is 0 Å². The van der Waals surface area contributed by atoms with E-state index in [0.717, 1.165) is 0 Å². The van der Waals surface area contributed by atoms with Crippen LogP contribution < -0.4 is 5.14 Å². The Morgan fingerprint density at radius 3 is 1.29 bits per heavy atom. The van der Waals surface area contributed by atoms with Gasteiger partial charge in [-0.2, -0.15) is 8.42 Å². The molecule has 0 unspecified atom stereocenters. The van der Waals surface area contributed by atoms with Crippen LogP contribution in [-0.2, 0) is 10.3 Å². The Morgan fingerprint density at radius 1 is 1.29 bits per heavy atom. The maximum Gasteiger partial charge on any atom is 0.330 e. The van der Waals surface area contributed by atoms with Crippen LogP contribution in [0.2, 0.25) is 0 Å². The summed E-state index contributed by atoms with van der Waals surface area (Å²) in [5, 5.41) is 15.9. The Morgan fingerprint density at radius 2 is 1.29 bits per heavy atom. The standard InChI is InChI=1S/H3NO3S.H2O2/c1-5(2,3)4;1-2/h(H3,1,2,3,4);1-2H. The van der Waals surface area contributed by atoms with Gasteiger partial charge < -0.3 is 0 Å². The molecule has 0 aliphatic rings. The Hall–Kier alpha value is -0.210. The lowest BCUT2D eigenvalue weighted by Crippen LogP contribution is -2.08. The average molecular weight is 131 g/mol. The van der Waals surface area contributed by atoms with Crippen molar-refractivity contribution in [3.63, 3.8) is 0 Å². The third kappa shape index (κ3) is 1890. The fraction of sp³-hybridized carbons (Fsp3) is 0. The Kier molecular flexibility index (Phi) is 5.62. The minimum atomic E-state index is -4.17. The van der Waals surface area contributed by atoms with E-state index >= 15 is 0 Å². The highest BCUT2D eigenvalue weighted by Crippen LogP contribution is 1.50. The number of hydrogen-bond donors (Lipinski definition) is 4. The lowest BCUT2D eigenvalue weighted by Gasteiger charge is -1.70. The molecule has 6 nitrogen and oxygen atoms in total. The first-order valence-electron chi connectivity index (χ1n) is 0.952. The minimum absolute atomic E-state index is 3.88. The average Bonchev–Trinajstić information content (AvgIpc) is 1.36. The van der Waals surface area contributed by atoms with Gasteiger partial charge in [-0.25, -0.2) is 5.14 Å². The molecule has 0 radical (unpaired) electrons. The Labute approximate surface area is 40.0 Å². The van der Waals surface area contributed by atoms with Crippen molar-refractivity contribution < 1.29 is 23.5 Å². The zero-order valence-electron chi connectivity index (χ0n) is 3.14. The predicted molar refractivity (Wildman–Crippen MR) is 21.0 cm³/mol. The van der Waals surface area contributed by atoms with Gasteiger partial charge in [-0.3, -0.25) is 15.1 Å². The second-order valence-corrected chi connectivity index (χ2v) is 1.54. The van der Waals surface area contributed by atoms with E-state index in [4.69, 9.17) is 23.5 Å². The second kappa shape index (κ2) is 3.96. The summed E-state index contributed by atoms with van der Waals surface area (Å²) >= 11 is 0. The van der Waals surface area contributed by atoms with Crippen molar-refractivity contribution in [1.29, 1.82) is 0 Å². The lowest BCUT2D eigenvalue weighted by molar-refractivity contribution is -0.176. The SMILES string of the molecule is NS(=O)(=O)O.OO. The van der Waals surface area contributed by atoms with Crippen LogP contribution >= 0.6 is 0 Å². The molecule has 0 heterocycles. The quantitative estimate of drug-likeness (QED) is 0.186. The van der Waals surface area contributed by atoms with Crippen molar-refractivity contribution in [2.75, 3.05) is 0 Å². The van der Waals surface area contributed by atoms with Crippen LogP contribution in [0.5, 0.6) is 0 Å². The molecule has 0 aliphatic heterocycles. The molecule has 0 saturated heterocycles. The first-order chi connectivity index (χ1) is 3.00. The van der Waals surface area contributed by atoms with E-state index in [2.05, 4.69) is 5.14 Å². The smallest absolute Gasteiger partial charge is 0.274 e. The zero-order chi connectivity index (χ0) is 6.50. The number of nitrogens with two attached hydrogens (primary N) is 1. The van der Waals surface area contributed by atoms with Gasteiger partial charge in [0.15, 0.2) is 0 Å². The van der Waals surface area contributed by atoms with Crippen molar-refractivity contribution in [2.24, 2.45) is 5.14 Å². The van der Waals surface area contributed by atoms with Crippen molar-refractivity contribution in [3.8, 4) is 0 Å². The van der Waals surface area contributed by atoms with Gasteiger partial charge in [-0.15, -0.1) is 0 Å². The predicted octanol–water partition coefficient (Wildman–Crippen LogP) is -1.23. The minimum Gasteiger partial charge on any atom is -0.274 e. The molecule has 7 heteroatoms.